The molecule has 0 fully saturated rings. The number of para-hydroxylation sites is 1. The molecule has 8 heteroatoms. The molecule has 0 aliphatic rings. The van der Waals surface area contributed by atoms with Crippen LogP contribution in [0.4, 0.5) is 4.39 Å². The van der Waals surface area contributed by atoms with Crippen LogP contribution in [-0.4, -0.2) is 27.8 Å². The van der Waals surface area contributed by atoms with Gasteiger partial charge in [-0.2, -0.15) is 0 Å². The Morgan fingerprint density at radius 1 is 1.17 bits per heavy atom. The van der Waals surface area contributed by atoms with Crippen LogP contribution in [0, 0.1) is 11.7 Å². The van der Waals surface area contributed by atoms with Gasteiger partial charge < -0.3 is 14.6 Å². The van der Waals surface area contributed by atoms with Crippen LogP contribution in [0.25, 0.3) is 0 Å². The summed E-state index contributed by atoms with van der Waals surface area (Å²) in [7, 11) is 1.53. The van der Waals surface area contributed by atoms with E-state index in [4.69, 9.17) is 4.74 Å². The van der Waals surface area contributed by atoms with Gasteiger partial charge in [0.25, 0.3) is 5.91 Å². The highest BCUT2D eigenvalue weighted by Gasteiger charge is 2.17. The van der Waals surface area contributed by atoms with Crippen LogP contribution in [0.1, 0.15) is 35.6 Å². The maximum Gasteiger partial charge on any atom is 0.255 e. The summed E-state index contributed by atoms with van der Waals surface area (Å²) in [5.74, 6) is 1.51. The molecule has 158 valence electrons. The molecule has 1 amide bonds. The molecular weight excluding hydrogens is 403 g/mol. The second-order valence-electron chi connectivity index (χ2n) is 7.17. The van der Waals surface area contributed by atoms with Crippen LogP contribution in [0.5, 0.6) is 5.75 Å². The number of carbonyl (C=O) groups excluding carboxylic acids is 1. The third kappa shape index (κ3) is 5.38. The molecular formula is C22H25FN4O2S. The van der Waals surface area contributed by atoms with Crippen LogP contribution in [0.15, 0.2) is 53.7 Å². The molecule has 0 bridgehead atoms. The predicted octanol–water partition coefficient (Wildman–Crippen LogP) is 4.30. The van der Waals surface area contributed by atoms with E-state index in [9.17, 15) is 9.18 Å². The molecule has 0 unspecified atom stereocenters. The summed E-state index contributed by atoms with van der Waals surface area (Å²) in [5.41, 5.74) is 1.08. The Kier molecular flexibility index (Phi) is 7.46. The number of methoxy groups -OCH3 is 1. The average molecular weight is 429 g/mol. The number of halogens is 1. The Balaban J connectivity index is 1.73. The first kappa shape index (κ1) is 21.8. The van der Waals surface area contributed by atoms with Crippen molar-refractivity contribution in [2.75, 3.05) is 7.11 Å². The van der Waals surface area contributed by atoms with Crippen LogP contribution in [-0.2, 0) is 18.8 Å². The molecule has 0 radical (unpaired) electrons. The largest absolute Gasteiger partial charge is 0.496 e. The van der Waals surface area contributed by atoms with E-state index in [2.05, 4.69) is 29.4 Å². The van der Waals surface area contributed by atoms with E-state index in [-0.39, 0.29) is 18.3 Å². The molecule has 2 aromatic carbocycles. The maximum atomic E-state index is 13.9. The number of thioether (sulfide) groups is 1. The van der Waals surface area contributed by atoms with E-state index < -0.39 is 0 Å². The fourth-order valence-electron chi connectivity index (χ4n) is 2.95. The minimum Gasteiger partial charge on any atom is -0.496 e. The number of amides is 1. The standard InChI is InChI=1S/C22H25FN4O2S/c1-15(2)13-27-20(12-24-21(28)17-9-5-7-11-19(17)29-3)25-26-22(27)30-14-16-8-4-6-10-18(16)23/h4-11,15H,12-14H2,1-3H3,(H,24,28). The third-order valence-corrected chi connectivity index (χ3v) is 5.43. The lowest BCUT2D eigenvalue weighted by atomic mass is 10.2. The maximum absolute atomic E-state index is 13.9. The quantitative estimate of drug-likeness (QED) is 0.515. The third-order valence-electron chi connectivity index (χ3n) is 4.41. The van der Waals surface area contributed by atoms with Crippen molar-refractivity contribution in [3.05, 3.63) is 71.3 Å². The van der Waals surface area contributed by atoms with Crippen LogP contribution in [0.2, 0.25) is 0 Å². The van der Waals surface area contributed by atoms with Gasteiger partial charge in [-0.15, -0.1) is 10.2 Å². The van der Waals surface area contributed by atoms with E-state index in [1.54, 1.807) is 30.3 Å². The van der Waals surface area contributed by atoms with Gasteiger partial charge in [-0.3, -0.25) is 4.79 Å². The van der Waals surface area contributed by atoms with Gasteiger partial charge in [0.05, 0.1) is 19.2 Å². The van der Waals surface area contributed by atoms with E-state index >= 15 is 0 Å². The normalized spacial score (nSPS) is 11.0. The summed E-state index contributed by atoms with van der Waals surface area (Å²) in [5, 5.41) is 12.1. The van der Waals surface area contributed by atoms with Gasteiger partial charge in [-0.25, -0.2) is 4.39 Å². The average Bonchev–Trinajstić information content (AvgIpc) is 3.12. The summed E-state index contributed by atoms with van der Waals surface area (Å²) in [6, 6.07) is 13.8. The summed E-state index contributed by atoms with van der Waals surface area (Å²) >= 11 is 1.43. The van der Waals surface area contributed by atoms with Gasteiger partial charge in [0.2, 0.25) is 0 Å². The van der Waals surface area contributed by atoms with Gasteiger partial charge in [-0.1, -0.05) is 55.9 Å². The lowest BCUT2D eigenvalue weighted by molar-refractivity contribution is 0.0946. The van der Waals surface area contributed by atoms with E-state index in [0.717, 1.165) is 0 Å². The zero-order valence-electron chi connectivity index (χ0n) is 17.3. The van der Waals surface area contributed by atoms with Crippen molar-refractivity contribution >= 4 is 17.7 Å². The number of hydrogen-bond acceptors (Lipinski definition) is 5. The summed E-state index contributed by atoms with van der Waals surface area (Å²) in [6.07, 6.45) is 0. The van der Waals surface area contributed by atoms with Gasteiger partial charge in [-0.05, 0) is 29.7 Å². The molecule has 1 aromatic heterocycles. The Morgan fingerprint density at radius 3 is 2.63 bits per heavy atom. The highest BCUT2D eigenvalue weighted by Crippen LogP contribution is 2.24. The van der Waals surface area contributed by atoms with Crippen LogP contribution < -0.4 is 10.1 Å². The number of rotatable bonds is 9. The van der Waals surface area contributed by atoms with E-state index in [1.165, 1.54) is 24.9 Å². The molecule has 6 nitrogen and oxygen atoms in total. The molecule has 0 spiro atoms. The molecule has 1 N–H and O–H groups in total. The fraction of sp³-hybridized carbons (Fsp3) is 0.318. The molecule has 0 saturated carbocycles. The number of nitrogens with one attached hydrogen (secondary N) is 1. The topological polar surface area (TPSA) is 69.0 Å². The van der Waals surface area contributed by atoms with E-state index in [0.29, 0.717) is 46.1 Å². The lowest BCUT2D eigenvalue weighted by Crippen LogP contribution is -2.25. The number of benzene rings is 2. The highest BCUT2D eigenvalue weighted by molar-refractivity contribution is 7.98. The summed E-state index contributed by atoms with van der Waals surface area (Å²) in [4.78, 5) is 12.6. The van der Waals surface area contributed by atoms with Gasteiger partial charge in [0.1, 0.15) is 11.6 Å². The molecule has 0 aliphatic heterocycles. The number of ether oxygens (including phenoxy) is 1. The summed E-state index contributed by atoms with van der Waals surface area (Å²) in [6.45, 7) is 5.13. The van der Waals surface area contributed by atoms with Crippen molar-refractivity contribution in [1.29, 1.82) is 0 Å². The first-order chi connectivity index (χ1) is 14.5. The Labute approximate surface area is 179 Å². The zero-order chi connectivity index (χ0) is 21.5. The second-order valence-corrected chi connectivity index (χ2v) is 8.11. The number of nitrogens with zero attached hydrogens (tertiary/aromatic N) is 3. The Bertz CT molecular complexity index is 1010. The summed E-state index contributed by atoms with van der Waals surface area (Å²) < 4.78 is 21.2. The van der Waals surface area contributed by atoms with Crippen molar-refractivity contribution in [2.24, 2.45) is 5.92 Å². The van der Waals surface area contributed by atoms with Crippen molar-refractivity contribution in [3.63, 3.8) is 0 Å². The molecule has 1 heterocycles. The van der Waals surface area contributed by atoms with Crippen molar-refractivity contribution in [3.8, 4) is 5.75 Å². The van der Waals surface area contributed by atoms with E-state index in [1.807, 2.05) is 16.7 Å². The minimum absolute atomic E-state index is 0.232. The van der Waals surface area contributed by atoms with Crippen molar-refractivity contribution in [1.82, 2.24) is 20.1 Å². The number of hydrogen-bond donors (Lipinski definition) is 1. The van der Waals surface area contributed by atoms with Crippen LogP contribution in [0.3, 0.4) is 0 Å². The molecule has 3 rings (SSSR count). The fourth-order valence-corrected chi connectivity index (χ4v) is 3.90. The zero-order valence-corrected chi connectivity index (χ0v) is 18.1. The minimum atomic E-state index is -0.243. The SMILES string of the molecule is COc1ccccc1C(=O)NCc1nnc(SCc2ccccc2F)n1CC(C)C. The smallest absolute Gasteiger partial charge is 0.255 e. The number of carbonyl (C=O) groups is 1. The predicted molar refractivity (Wildman–Crippen MR) is 115 cm³/mol. The Hall–Kier alpha value is -2.87. The molecule has 30 heavy (non-hydrogen) atoms. The second kappa shape index (κ2) is 10.2. The van der Waals surface area contributed by atoms with Crippen LogP contribution >= 0.6 is 11.8 Å². The van der Waals surface area contributed by atoms with Gasteiger partial charge in [0, 0.05) is 12.3 Å². The first-order valence-electron chi connectivity index (χ1n) is 9.69. The van der Waals surface area contributed by atoms with Gasteiger partial charge in [0.15, 0.2) is 11.0 Å². The number of aromatic nitrogens is 3. The first-order valence-corrected chi connectivity index (χ1v) is 10.7. The lowest BCUT2D eigenvalue weighted by Gasteiger charge is -2.13. The van der Waals surface area contributed by atoms with Crippen molar-refractivity contribution < 1.29 is 13.9 Å². The highest BCUT2D eigenvalue weighted by atomic mass is 32.2. The van der Waals surface area contributed by atoms with Gasteiger partial charge >= 0.3 is 0 Å². The monoisotopic (exact) mass is 428 g/mol. The molecule has 3 aromatic rings. The molecule has 0 aliphatic carbocycles. The molecule has 0 atom stereocenters. The molecule has 0 saturated heterocycles. The van der Waals surface area contributed by atoms with Crippen molar-refractivity contribution in [2.45, 2.75) is 37.8 Å². The Morgan fingerprint density at radius 2 is 1.90 bits per heavy atom.